The molecule has 1 aliphatic rings. The zero-order chi connectivity index (χ0) is 22.9. The zero-order valence-corrected chi connectivity index (χ0v) is 18.7. The van der Waals surface area contributed by atoms with E-state index in [1.54, 1.807) is 0 Å². The molecular formula is C23H30F2N4O2. The molecule has 1 aliphatic heterocycles. The number of halogens is 2. The molecule has 0 bridgehead atoms. The summed E-state index contributed by atoms with van der Waals surface area (Å²) >= 11 is 0. The molecule has 2 amide bonds. The van der Waals surface area contributed by atoms with Gasteiger partial charge in [0.1, 0.15) is 17.6 Å². The first kappa shape index (κ1) is 22.9. The van der Waals surface area contributed by atoms with Crippen LogP contribution in [0.5, 0.6) is 0 Å². The van der Waals surface area contributed by atoms with Crippen molar-refractivity contribution in [1.29, 1.82) is 0 Å². The van der Waals surface area contributed by atoms with Crippen LogP contribution in [0.3, 0.4) is 0 Å². The number of imidazole rings is 1. The number of aromatic nitrogens is 2. The molecule has 0 fully saturated rings. The third-order valence-corrected chi connectivity index (χ3v) is 5.35. The maximum absolute atomic E-state index is 13.8. The van der Waals surface area contributed by atoms with Gasteiger partial charge in [-0.2, -0.15) is 0 Å². The summed E-state index contributed by atoms with van der Waals surface area (Å²) < 4.78 is 29.1. The highest BCUT2D eigenvalue weighted by molar-refractivity contribution is 5.98. The van der Waals surface area contributed by atoms with Gasteiger partial charge in [0.15, 0.2) is 11.6 Å². The number of benzene rings is 1. The van der Waals surface area contributed by atoms with Crippen LogP contribution in [0, 0.1) is 17.0 Å². The van der Waals surface area contributed by atoms with Crippen molar-refractivity contribution in [3.05, 3.63) is 41.2 Å². The minimum Gasteiger partial charge on any atom is -0.352 e. The summed E-state index contributed by atoms with van der Waals surface area (Å²) in [5.41, 5.74) is 0.870. The summed E-state index contributed by atoms with van der Waals surface area (Å²) in [7, 11) is 0. The first-order valence-corrected chi connectivity index (χ1v) is 10.6. The Kier molecular flexibility index (Phi) is 6.48. The van der Waals surface area contributed by atoms with Gasteiger partial charge in [0.25, 0.3) is 5.91 Å². The molecule has 8 heteroatoms. The summed E-state index contributed by atoms with van der Waals surface area (Å²) in [6.07, 6.45) is 2.46. The number of carbonyl (C=O) groups excluding carboxylic acids is 2. The van der Waals surface area contributed by atoms with E-state index >= 15 is 0 Å². The van der Waals surface area contributed by atoms with Crippen molar-refractivity contribution >= 4 is 11.8 Å². The number of fused-ring (bicyclic) bond motifs is 1. The molecule has 0 aliphatic carbocycles. The number of carbonyl (C=O) groups is 2. The number of nitrogens with one attached hydrogen (secondary N) is 2. The van der Waals surface area contributed by atoms with Gasteiger partial charge >= 0.3 is 0 Å². The van der Waals surface area contributed by atoms with Crippen molar-refractivity contribution in [2.24, 2.45) is 5.41 Å². The Morgan fingerprint density at radius 3 is 2.42 bits per heavy atom. The van der Waals surface area contributed by atoms with Crippen LogP contribution in [0.15, 0.2) is 18.2 Å². The summed E-state index contributed by atoms with van der Waals surface area (Å²) in [6, 6.07) is 2.79. The van der Waals surface area contributed by atoms with E-state index < -0.39 is 29.0 Å². The second kappa shape index (κ2) is 8.77. The monoisotopic (exact) mass is 432 g/mol. The summed E-state index contributed by atoms with van der Waals surface area (Å²) in [5, 5.41) is 5.71. The van der Waals surface area contributed by atoms with Crippen LogP contribution in [0.2, 0.25) is 0 Å². The van der Waals surface area contributed by atoms with Crippen molar-refractivity contribution in [2.75, 3.05) is 0 Å². The van der Waals surface area contributed by atoms with Crippen molar-refractivity contribution in [3.63, 3.8) is 0 Å². The largest absolute Gasteiger partial charge is 0.352 e. The average Bonchev–Trinajstić information content (AvgIpc) is 3.06. The normalized spacial score (nSPS) is 14.8. The van der Waals surface area contributed by atoms with Crippen LogP contribution in [0.25, 0.3) is 11.4 Å². The van der Waals surface area contributed by atoms with Crippen molar-refractivity contribution < 1.29 is 18.4 Å². The molecule has 3 rings (SSSR count). The Bertz CT molecular complexity index is 992. The molecule has 1 aromatic carbocycles. The fraction of sp³-hybridized carbons (Fsp3) is 0.522. The topological polar surface area (TPSA) is 76.0 Å². The van der Waals surface area contributed by atoms with Gasteiger partial charge < -0.3 is 15.2 Å². The van der Waals surface area contributed by atoms with Crippen LogP contribution in [0.1, 0.15) is 63.6 Å². The van der Waals surface area contributed by atoms with Gasteiger partial charge in [-0.15, -0.1) is 0 Å². The molecule has 1 aromatic heterocycles. The fourth-order valence-electron chi connectivity index (χ4n) is 3.82. The third-order valence-electron chi connectivity index (χ3n) is 5.35. The van der Waals surface area contributed by atoms with E-state index in [9.17, 15) is 18.4 Å². The van der Waals surface area contributed by atoms with Gasteiger partial charge in [0.2, 0.25) is 5.91 Å². The second-order valence-electron chi connectivity index (χ2n) is 9.40. The number of amides is 2. The number of rotatable bonds is 5. The molecule has 0 saturated carbocycles. The lowest BCUT2D eigenvalue weighted by Gasteiger charge is -2.31. The van der Waals surface area contributed by atoms with Crippen molar-refractivity contribution in [2.45, 2.75) is 72.5 Å². The lowest BCUT2D eigenvalue weighted by molar-refractivity contribution is -0.125. The Labute approximate surface area is 181 Å². The maximum atomic E-state index is 13.8. The highest BCUT2D eigenvalue weighted by atomic mass is 19.2. The number of hydrogen-bond acceptors (Lipinski definition) is 3. The van der Waals surface area contributed by atoms with E-state index in [2.05, 4.69) is 15.6 Å². The van der Waals surface area contributed by atoms with Gasteiger partial charge in [0.05, 0.1) is 5.69 Å². The van der Waals surface area contributed by atoms with Gasteiger partial charge in [-0.25, -0.2) is 13.8 Å². The zero-order valence-electron chi connectivity index (χ0n) is 18.7. The Balaban J connectivity index is 1.98. The molecule has 2 aromatic rings. The lowest BCUT2D eigenvalue weighted by Crippen LogP contribution is -2.54. The summed E-state index contributed by atoms with van der Waals surface area (Å²) in [5.74, 6) is -2.17. The minimum absolute atomic E-state index is 0.0606. The Morgan fingerprint density at radius 2 is 1.81 bits per heavy atom. The van der Waals surface area contributed by atoms with Crippen LogP contribution in [0.4, 0.5) is 8.78 Å². The second-order valence-corrected chi connectivity index (χ2v) is 9.40. The fourth-order valence-corrected chi connectivity index (χ4v) is 3.82. The first-order chi connectivity index (χ1) is 14.5. The highest BCUT2D eigenvalue weighted by Crippen LogP contribution is 2.29. The molecule has 0 saturated heterocycles. The van der Waals surface area contributed by atoms with Gasteiger partial charge in [-0.1, -0.05) is 20.8 Å². The van der Waals surface area contributed by atoms with E-state index in [-0.39, 0.29) is 17.6 Å². The summed E-state index contributed by atoms with van der Waals surface area (Å²) in [6.45, 7) is 10.0. The number of hydrogen-bond donors (Lipinski definition) is 2. The van der Waals surface area contributed by atoms with E-state index in [0.29, 0.717) is 24.4 Å². The van der Waals surface area contributed by atoms with Crippen LogP contribution in [-0.2, 0) is 17.8 Å². The quantitative estimate of drug-likeness (QED) is 0.754. The Morgan fingerprint density at radius 1 is 1.10 bits per heavy atom. The first-order valence-electron chi connectivity index (χ1n) is 10.6. The molecule has 2 N–H and O–H groups in total. The van der Waals surface area contributed by atoms with Crippen LogP contribution >= 0.6 is 0 Å². The van der Waals surface area contributed by atoms with E-state index in [1.807, 2.05) is 39.2 Å². The molecule has 31 heavy (non-hydrogen) atoms. The standard InChI is InChI=1S/C23H30F2N4O2/c1-13(2)26-22(31)19(23(3,4)5)28-21(30)18-17-8-6-7-11-29(17)20(27-18)14-9-10-15(24)16(25)12-14/h9-10,12-13,19H,6-8,11H2,1-5H3,(H,26,31)(H,28,30). The van der Waals surface area contributed by atoms with Gasteiger partial charge in [0, 0.05) is 18.2 Å². The predicted octanol–water partition coefficient (Wildman–Crippen LogP) is 3.83. The Hall–Kier alpha value is -2.77. The van der Waals surface area contributed by atoms with Gasteiger partial charge in [-0.3, -0.25) is 9.59 Å². The SMILES string of the molecule is CC(C)NC(=O)C(NC(=O)c1nc(-c2ccc(F)c(F)c2)n2c1CCCC2)C(C)(C)C. The van der Waals surface area contributed by atoms with Gasteiger partial charge in [-0.05, 0) is 56.7 Å². The van der Waals surface area contributed by atoms with Crippen molar-refractivity contribution in [3.8, 4) is 11.4 Å². The molecule has 2 heterocycles. The smallest absolute Gasteiger partial charge is 0.272 e. The van der Waals surface area contributed by atoms with E-state index in [0.717, 1.165) is 30.7 Å². The average molecular weight is 433 g/mol. The predicted molar refractivity (Wildman–Crippen MR) is 115 cm³/mol. The molecule has 0 spiro atoms. The molecule has 1 unspecified atom stereocenters. The molecule has 6 nitrogen and oxygen atoms in total. The maximum Gasteiger partial charge on any atom is 0.272 e. The summed E-state index contributed by atoms with van der Waals surface area (Å²) in [4.78, 5) is 30.5. The van der Waals surface area contributed by atoms with E-state index in [1.165, 1.54) is 6.07 Å². The van der Waals surface area contributed by atoms with Crippen LogP contribution < -0.4 is 10.6 Å². The van der Waals surface area contributed by atoms with Crippen molar-refractivity contribution in [1.82, 2.24) is 20.2 Å². The molecular weight excluding hydrogens is 402 g/mol. The lowest BCUT2D eigenvalue weighted by atomic mass is 9.85. The number of nitrogens with zero attached hydrogens (tertiary/aromatic N) is 2. The third kappa shape index (κ3) is 4.94. The molecule has 168 valence electrons. The minimum atomic E-state index is -0.963. The van der Waals surface area contributed by atoms with E-state index in [4.69, 9.17) is 0 Å². The molecule has 1 atom stereocenters. The van der Waals surface area contributed by atoms with Crippen LogP contribution in [-0.4, -0.2) is 33.4 Å². The molecule has 0 radical (unpaired) electrons. The highest BCUT2D eigenvalue weighted by Gasteiger charge is 2.35.